The van der Waals surface area contributed by atoms with Crippen LogP contribution in [0.4, 0.5) is 18.9 Å². The summed E-state index contributed by atoms with van der Waals surface area (Å²) in [5, 5.41) is 3.20. The van der Waals surface area contributed by atoms with Gasteiger partial charge in [-0.3, -0.25) is 4.90 Å². The maximum atomic E-state index is 13.5. The molecule has 0 bridgehead atoms. The van der Waals surface area contributed by atoms with Crippen molar-refractivity contribution in [2.75, 3.05) is 31.8 Å². The lowest BCUT2D eigenvalue weighted by Gasteiger charge is -2.24. The van der Waals surface area contributed by atoms with Gasteiger partial charge in [-0.25, -0.2) is 0 Å². The van der Waals surface area contributed by atoms with Crippen molar-refractivity contribution in [1.29, 1.82) is 0 Å². The third-order valence-electron chi connectivity index (χ3n) is 6.65. The molecule has 0 aliphatic carbocycles. The maximum Gasteiger partial charge on any atom is 0.417 e. The third-order valence-corrected chi connectivity index (χ3v) is 6.65. The molecule has 1 fully saturated rings. The Kier molecular flexibility index (Phi) is 6.54. The third kappa shape index (κ3) is 5.21. The number of nitrogens with one attached hydrogen (secondary N) is 1. The second-order valence-corrected chi connectivity index (χ2v) is 9.11. The minimum Gasteiger partial charge on any atom is -0.380 e. The van der Waals surface area contributed by atoms with Crippen molar-refractivity contribution in [3.63, 3.8) is 0 Å². The van der Waals surface area contributed by atoms with Gasteiger partial charge in [-0.15, -0.1) is 0 Å². The number of hydrogen-bond acceptors (Lipinski definition) is 4. The largest absolute Gasteiger partial charge is 0.417 e. The zero-order valence-electron chi connectivity index (χ0n) is 19.6. The molecule has 0 spiro atoms. The van der Waals surface area contributed by atoms with Crippen LogP contribution in [0.5, 0.6) is 0 Å². The summed E-state index contributed by atoms with van der Waals surface area (Å²) in [5.74, 6) is 0. The summed E-state index contributed by atoms with van der Waals surface area (Å²) >= 11 is 0. The molecule has 0 unspecified atom stereocenters. The lowest BCUT2D eigenvalue weighted by Crippen LogP contribution is -2.31. The molecule has 35 heavy (non-hydrogen) atoms. The highest BCUT2D eigenvalue weighted by molar-refractivity contribution is 5.85. The number of alkyl halides is 3. The molecule has 1 atom stereocenters. The average Bonchev–Trinajstić information content (AvgIpc) is 3.24. The number of benzene rings is 3. The zero-order chi connectivity index (χ0) is 24.4. The van der Waals surface area contributed by atoms with Gasteiger partial charge in [0, 0.05) is 30.0 Å². The van der Waals surface area contributed by atoms with Crippen LogP contribution in [0.25, 0.3) is 11.8 Å². The Morgan fingerprint density at radius 1 is 1.00 bits per heavy atom. The van der Waals surface area contributed by atoms with Crippen molar-refractivity contribution in [3.05, 3.63) is 101 Å². The SMILES string of the molecule is CN1CN(c2ccc3c(c2)CNC(c2ccccc2C(F)(F)F)=C3)C[C@@H]1COCc1ccccc1. The Morgan fingerprint density at radius 3 is 2.57 bits per heavy atom. The molecule has 0 amide bonds. The number of rotatable bonds is 6. The number of likely N-dealkylation sites (N-methyl/N-ethyl adjacent to an activating group) is 1. The van der Waals surface area contributed by atoms with E-state index in [0.717, 1.165) is 41.7 Å². The summed E-state index contributed by atoms with van der Waals surface area (Å²) in [4.78, 5) is 4.60. The highest BCUT2D eigenvalue weighted by Crippen LogP contribution is 2.36. The molecule has 1 saturated heterocycles. The van der Waals surface area contributed by atoms with Gasteiger partial charge >= 0.3 is 6.18 Å². The molecule has 182 valence electrons. The van der Waals surface area contributed by atoms with Crippen molar-refractivity contribution >= 4 is 17.5 Å². The van der Waals surface area contributed by atoms with Crippen LogP contribution in [0.1, 0.15) is 27.8 Å². The first-order chi connectivity index (χ1) is 16.9. The van der Waals surface area contributed by atoms with Crippen LogP contribution in [-0.2, 0) is 24.1 Å². The molecule has 1 N–H and O–H groups in total. The highest BCUT2D eigenvalue weighted by atomic mass is 19.4. The Bertz CT molecular complexity index is 1210. The monoisotopic (exact) mass is 479 g/mol. The van der Waals surface area contributed by atoms with Gasteiger partial charge in [0.05, 0.1) is 31.5 Å². The first-order valence-electron chi connectivity index (χ1n) is 11.7. The second kappa shape index (κ2) is 9.76. The first-order valence-corrected chi connectivity index (χ1v) is 11.7. The van der Waals surface area contributed by atoms with E-state index in [2.05, 4.69) is 46.4 Å². The van der Waals surface area contributed by atoms with E-state index in [1.165, 1.54) is 12.1 Å². The molecule has 3 aromatic rings. The zero-order valence-corrected chi connectivity index (χ0v) is 19.6. The second-order valence-electron chi connectivity index (χ2n) is 9.11. The van der Waals surface area contributed by atoms with Crippen molar-refractivity contribution in [2.45, 2.75) is 25.4 Å². The molecule has 0 radical (unpaired) electrons. The molecule has 0 saturated carbocycles. The van der Waals surface area contributed by atoms with E-state index < -0.39 is 11.7 Å². The molecule has 7 heteroatoms. The number of nitrogens with zero attached hydrogens (tertiary/aromatic N) is 2. The Hall–Kier alpha value is -3.29. The molecular weight excluding hydrogens is 451 g/mol. The predicted octanol–water partition coefficient (Wildman–Crippen LogP) is 5.60. The Morgan fingerprint density at radius 2 is 1.77 bits per heavy atom. The topological polar surface area (TPSA) is 27.7 Å². The van der Waals surface area contributed by atoms with Gasteiger partial charge in [0.15, 0.2) is 0 Å². The van der Waals surface area contributed by atoms with E-state index >= 15 is 0 Å². The van der Waals surface area contributed by atoms with Crippen LogP contribution in [0, 0.1) is 0 Å². The van der Waals surface area contributed by atoms with E-state index in [4.69, 9.17) is 4.74 Å². The van der Waals surface area contributed by atoms with Crippen LogP contribution in [0.15, 0.2) is 72.8 Å². The molecular formula is C28H28F3N3O. The lowest BCUT2D eigenvalue weighted by atomic mass is 9.96. The number of hydrogen-bond donors (Lipinski definition) is 1. The van der Waals surface area contributed by atoms with Gasteiger partial charge in [-0.1, -0.05) is 54.6 Å². The van der Waals surface area contributed by atoms with Crippen LogP contribution in [-0.4, -0.2) is 37.8 Å². The van der Waals surface area contributed by atoms with Gasteiger partial charge in [0.2, 0.25) is 0 Å². The van der Waals surface area contributed by atoms with Crippen molar-refractivity contribution in [1.82, 2.24) is 10.2 Å². The molecule has 2 aliphatic rings. The summed E-state index contributed by atoms with van der Waals surface area (Å²) in [6.45, 7) is 3.39. The Balaban J connectivity index is 1.27. The van der Waals surface area contributed by atoms with Crippen LogP contribution < -0.4 is 10.2 Å². The van der Waals surface area contributed by atoms with Crippen LogP contribution >= 0.6 is 0 Å². The summed E-state index contributed by atoms with van der Waals surface area (Å²) in [6, 6.07) is 22.3. The highest BCUT2D eigenvalue weighted by Gasteiger charge is 2.34. The first kappa shape index (κ1) is 23.5. The minimum atomic E-state index is -4.40. The van der Waals surface area contributed by atoms with Gasteiger partial charge in [-0.2, -0.15) is 13.2 Å². The lowest BCUT2D eigenvalue weighted by molar-refractivity contribution is -0.137. The van der Waals surface area contributed by atoms with E-state index in [1.54, 1.807) is 6.07 Å². The fraction of sp³-hybridized carbons (Fsp3) is 0.286. The number of ether oxygens (including phenoxy) is 1. The van der Waals surface area contributed by atoms with Crippen molar-refractivity contribution in [3.8, 4) is 0 Å². The van der Waals surface area contributed by atoms with Crippen molar-refractivity contribution < 1.29 is 17.9 Å². The fourth-order valence-electron chi connectivity index (χ4n) is 4.71. The maximum absolute atomic E-state index is 13.5. The van der Waals surface area contributed by atoms with Gasteiger partial charge in [0.1, 0.15) is 0 Å². The summed E-state index contributed by atoms with van der Waals surface area (Å²) in [5.41, 5.74) is 4.33. The normalized spacial score (nSPS) is 18.2. The molecule has 0 aromatic heterocycles. The molecule has 2 aliphatic heterocycles. The van der Waals surface area contributed by atoms with E-state index in [-0.39, 0.29) is 5.56 Å². The van der Waals surface area contributed by atoms with Crippen LogP contribution in [0.3, 0.4) is 0 Å². The van der Waals surface area contributed by atoms with Gasteiger partial charge in [0.25, 0.3) is 0 Å². The smallest absolute Gasteiger partial charge is 0.380 e. The van der Waals surface area contributed by atoms with Crippen molar-refractivity contribution in [2.24, 2.45) is 0 Å². The quantitative estimate of drug-likeness (QED) is 0.498. The van der Waals surface area contributed by atoms with E-state index in [1.807, 2.05) is 30.3 Å². The van der Waals surface area contributed by atoms with E-state index in [0.29, 0.717) is 31.5 Å². The predicted molar refractivity (Wildman–Crippen MR) is 132 cm³/mol. The number of anilines is 1. The minimum absolute atomic E-state index is 0.175. The molecule has 5 rings (SSSR count). The Labute approximate surface area is 203 Å². The summed E-state index contributed by atoms with van der Waals surface area (Å²) < 4.78 is 46.4. The fourth-order valence-corrected chi connectivity index (χ4v) is 4.71. The number of fused-ring (bicyclic) bond motifs is 1. The average molecular weight is 480 g/mol. The van der Waals surface area contributed by atoms with Gasteiger partial charge in [-0.05, 0) is 48.0 Å². The van der Waals surface area contributed by atoms with Gasteiger partial charge < -0.3 is 15.0 Å². The molecule has 2 heterocycles. The standard InChI is InChI=1S/C28H28F3N3O/c1-33-19-34(16-24(33)18-35-17-20-7-3-2-4-8-20)23-12-11-21-14-27(32-15-22(21)13-23)25-9-5-6-10-26(25)28(29,30)31/h2-14,24,32H,15-19H2,1H3/t24-/m1/s1. The molecule has 3 aromatic carbocycles. The van der Waals surface area contributed by atoms with Crippen LogP contribution in [0.2, 0.25) is 0 Å². The molecule has 4 nitrogen and oxygen atoms in total. The summed E-state index contributed by atoms with van der Waals surface area (Å²) in [6.07, 6.45) is -2.59. The number of halogens is 3. The summed E-state index contributed by atoms with van der Waals surface area (Å²) in [7, 11) is 2.10. The van der Waals surface area contributed by atoms with E-state index in [9.17, 15) is 13.2 Å².